The molecule has 5 nitrogen and oxygen atoms in total. The van der Waals surface area contributed by atoms with Gasteiger partial charge in [-0.15, -0.1) is 16.8 Å². The van der Waals surface area contributed by atoms with Crippen molar-refractivity contribution < 1.29 is 4.79 Å². The number of rotatable bonds is 7. The van der Waals surface area contributed by atoms with Crippen molar-refractivity contribution in [3.63, 3.8) is 0 Å². The molecule has 1 aromatic heterocycles. The highest BCUT2D eigenvalue weighted by molar-refractivity contribution is 7.99. The Labute approximate surface area is 157 Å². The molecule has 0 fully saturated rings. The molecule has 0 aliphatic carbocycles. The molecule has 0 atom stereocenters. The minimum absolute atomic E-state index is 0.0757. The van der Waals surface area contributed by atoms with Crippen LogP contribution < -0.4 is 5.32 Å². The summed E-state index contributed by atoms with van der Waals surface area (Å²) in [6.07, 6.45) is 1.79. The molecule has 0 aliphatic heterocycles. The predicted octanol–water partition coefficient (Wildman–Crippen LogP) is 4.17. The molecule has 0 aliphatic rings. The van der Waals surface area contributed by atoms with Crippen LogP contribution in [0.2, 0.25) is 0 Å². The first-order valence-corrected chi connectivity index (χ1v) is 9.25. The van der Waals surface area contributed by atoms with Crippen molar-refractivity contribution >= 4 is 23.4 Å². The maximum atomic E-state index is 12.2. The lowest BCUT2D eigenvalue weighted by molar-refractivity contribution is -0.113. The minimum atomic E-state index is -0.0757. The number of allylic oxidation sites excluding steroid dienone is 1. The normalized spacial score (nSPS) is 10.5. The second-order valence-electron chi connectivity index (χ2n) is 5.71. The highest BCUT2D eigenvalue weighted by atomic mass is 32.2. The summed E-state index contributed by atoms with van der Waals surface area (Å²) < 4.78 is 1.93. The third kappa shape index (κ3) is 4.40. The zero-order chi connectivity index (χ0) is 18.4. The Morgan fingerprint density at radius 3 is 2.50 bits per heavy atom. The van der Waals surface area contributed by atoms with Crippen LogP contribution in [-0.4, -0.2) is 26.4 Å². The first-order valence-electron chi connectivity index (χ1n) is 8.26. The molecule has 3 rings (SSSR count). The summed E-state index contributed by atoms with van der Waals surface area (Å²) in [5, 5.41) is 11.8. The van der Waals surface area contributed by atoms with Crippen molar-refractivity contribution in [2.75, 3.05) is 11.1 Å². The van der Waals surface area contributed by atoms with Gasteiger partial charge in [0.25, 0.3) is 0 Å². The van der Waals surface area contributed by atoms with Gasteiger partial charge in [0.2, 0.25) is 5.91 Å². The molecule has 1 amide bonds. The van der Waals surface area contributed by atoms with E-state index >= 15 is 0 Å². The molecule has 2 aromatic carbocycles. The number of hydrogen-bond acceptors (Lipinski definition) is 4. The molecule has 0 saturated heterocycles. The molecule has 6 heteroatoms. The van der Waals surface area contributed by atoms with Gasteiger partial charge in [0, 0.05) is 12.2 Å². The van der Waals surface area contributed by atoms with Gasteiger partial charge in [0.1, 0.15) is 5.82 Å². The van der Waals surface area contributed by atoms with Crippen LogP contribution in [0.3, 0.4) is 0 Å². The van der Waals surface area contributed by atoms with E-state index < -0.39 is 0 Å². The molecule has 0 radical (unpaired) electrons. The SMILES string of the molecule is C=CCn1c(C)nnc1SCC(=O)Nc1ccc(-c2ccccc2)cc1. The van der Waals surface area contributed by atoms with Gasteiger partial charge < -0.3 is 9.88 Å². The highest BCUT2D eigenvalue weighted by Crippen LogP contribution is 2.22. The zero-order valence-electron chi connectivity index (χ0n) is 14.6. The monoisotopic (exact) mass is 364 g/mol. The first-order chi connectivity index (χ1) is 12.7. The maximum absolute atomic E-state index is 12.2. The fraction of sp³-hybridized carbons (Fsp3) is 0.150. The van der Waals surface area contributed by atoms with Crippen LogP contribution in [0.1, 0.15) is 5.82 Å². The number of hydrogen-bond donors (Lipinski definition) is 1. The summed E-state index contributed by atoms with van der Waals surface area (Å²) in [6, 6.07) is 18.0. The first kappa shape index (κ1) is 17.9. The molecule has 132 valence electrons. The standard InChI is InChI=1S/C20H20N4OS/c1-3-13-24-15(2)22-23-20(24)26-14-19(25)21-18-11-9-17(10-12-18)16-7-5-4-6-8-16/h3-12H,1,13-14H2,2H3,(H,21,25). The summed E-state index contributed by atoms with van der Waals surface area (Å²) >= 11 is 1.36. The number of carbonyl (C=O) groups is 1. The van der Waals surface area contributed by atoms with E-state index in [1.807, 2.05) is 54.0 Å². The van der Waals surface area contributed by atoms with Gasteiger partial charge >= 0.3 is 0 Å². The number of amides is 1. The molecule has 0 bridgehead atoms. The van der Waals surface area contributed by atoms with Gasteiger partial charge in [-0.1, -0.05) is 60.3 Å². The smallest absolute Gasteiger partial charge is 0.234 e. The van der Waals surface area contributed by atoms with E-state index in [4.69, 9.17) is 0 Å². The van der Waals surface area contributed by atoms with Crippen LogP contribution in [0.4, 0.5) is 5.69 Å². The van der Waals surface area contributed by atoms with Crippen molar-refractivity contribution in [1.82, 2.24) is 14.8 Å². The van der Waals surface area contributed by atoms with E-state index in [0.717, 1.165) is 27.8 Å². The van der Waals surface area contributed by atoms with E-state index in [1.165, 1.54) is 11.8 Å². The molecule has 0 saturated carbocycles. The van der Waals surface area contributed by atoms with Crippen molar-refractivity contribution in [1.29, 1.82) is 0 Å². The minimum Gasteiger partial charge on any atom is -0.325 e. The van der Waals surface area contributed by atoms with E-state index in [1.54, 1.807) is 6.08 Å². The van der Waals surface area contributed by atoms with Crippen LogP contribution in [0.15, 0.2) is 72.4 Å². The number of anilines is 1. The lowest BCUT2D eigenvalue weighted by atomic mass is 10.1. The molecule has 1 heterocycles. The Morgan fingerprint density at radius 2 is 1.81 bits per heavy atom. The van der Waals surface area contributed by atoms with Crippen molar-refractivity contribution in [3.8, 4) is 11.1 Å². The number of carbonyl (C=O) groups excluding carboxylic acids is 1. The third-order valence-corrected chi connectivity index (χ3v) is 4.79. The second kappa shape index (κ2) is 8.49. The molecule has 0 unspecified atom stereocenters. The van der Waals surface area contributed by atoms with E-state index in [0.29, 0.717) is 6.54 Å². The quantitative estimate of drug-likeness (QED) is 0.505. The second-order valence-corrected chi connectivity index (χ2v) is 6.65. The summed E-state index contributed by atoms with van der Waals surface area (Å²) in [4.78, 5) is 12.2. The van der Waals surface area contributed by atoms with E-state index in [-0.39, 0.29) is 11.7 Å². The Kier molecular flexibility index (Phi) is 5.86. The predicted molar refractivity (Wildman–Crippen MR) is 106 cm³/mol. The van der Waals surface area contributed by atoms with E-state index in [9.17, 15) is 4.79 Å². The van der Waals surface area contributed by atoms with Gasteiger partial charge in [0.05, 0.1) is 5.75 Å². The van der Waals surface area contributed by atoms with Crippen molar-refractivity contribution in [3.05, 3.63) is 73.1 Å². The Morgan fingerprint density at radius 1 is 1.12 bits per heavy atom. The number of nitrogens with zero attached hydrogens (tertiary/aromatic N) is 3. The van der Waals surface area contributed by atoms with Gasteiger partial charge in [-0.05, 0) is 30.2 Å². The molecule has 0 spiro atoms. The topological polar surface area (TPSA) is 59.8 Å². The van der Waals surface area contributed by atoms with Crippen LogP contribution in [0, 0.1) is 6.92 Å². The molecule has 26 heavy (non-hydrogen) atoms. The Balaban J connectivity index is 1.58. The number of thioether (sulfide) groups is 1. The lowest BCUT2D eigenvalue weighted by Crippen LogP contribution is -2.14. The average Bonchev–Trinajstić information content (AvgIpc) is 3.02. The van der Waals surface area contributed by atoms with E-state index in [2.05, 4.69) is 34.2 Å². The third-order valence-electron chi connectivity index (χ3n) is 3.82. The van der Waals surface area contributed by atoms with Crippen molar-refractivity contribution in [2.24, 2.45) is 0 Å². The molecular weight excluding hydrogens is 344 g/mol. The number of benzene rings is 2. The Hall–Kier alpha value is -2.86. The average molecular weight is 364 g/mol. The largest absolute Gasteiger partial charge is 0.325 e. The van der Waals surface area contributed by atoms with Crippen molar-refractivity contribution in [2.45, 2.75) is 18.6 Å². The zero-order valence-corrected chi connectivity index (χ0v) is 15.4. The number of aromatic nitrogens is 3. The highest BCUT2D eigenvalue weighted by Gasteiger charge is 2.11. The van der Waals surface area contributed by atoms with Crippen LogP contribution in [0.25, 0.3) is 11.1 Å². The van der Waals surface area contributed by atoms with Gasteiger partial charge in [0.15, 0.2) is 5.16 Å². The number of nitrogens with one attached hydrogen (secondary N) is 1. The summed E-state index contributed by atoms with van der Waals surface area (Å²) in [5.74, 6) is 1.01. The van der Waals surface area contributed by atoms with Gasteiger partial charge in [-0.2, -0.15) is 0 Å². The fourth-order valence-corrected chi connectivity index (χ4v) is 3.30. The van der Waals surface area contributed by atoms with Crippen LogP contribution in [0.5, 0.6) is 0 Å². The summed E-state index contributed by atoms with van der Waals surface area (Å²) in [5.41, 5.74) is 3.04. The Bertz CT molecular complexity index is 888. The van der Waals surface area contributed by atoms with Crippen LogP contribution in [-0.2, 0) is 11.3 Å². The molecule has 1 N–H and O–H groups in total. The van der Waals surface area contributed by atoms with Gasteiger partial charge in [-0.3, -0.25) is 4.79 Å². The fourth-order valence-electron chi connectivity index (χ4n) is 2.51. The van der Waals surface area contributed by atoms with Crippen LogP contribution >= 0.6 is 11.8 Å². The summed E-state index contributed by atoms with van der Waals surface area (Å²) in [7, 11) is 0. The maximum Gasteiger partial charge on any atom is 0.234 e. The molecular formula is C20H20N4OS. The summed E-state index contributed by atoms with van der Waals surface area (Å²) in [6.45, 7) is 6.25. The molecule has 3 aromatic rings. The number of aryl methyl sites for hydroxylation is 1. The lowest BCUT2D eigenvalue weighted by Gasteiger charge is -2.07. The van der Waals surface area contributed by atoms with Gasteiger partial charge in [-0.25, -0.2) is 0 Å².